The summed E-state index contributed by atoms with van der Waals surface area (Å²) in [7, 11) is 1.17. The quantitative estimate of drug-likeness (QED) is 0.0212. The topological polar surface area (TPSA) is 114 Å². The summed E-state index contributed by atoms with van der Waals surface area (Å²) in [5.41, 5.74) is 0. The van der Waals surface area contributed by atoms with E-state index in [2.05, 4.69) is 74.7 Å². The van der Waals surface area contributed by atoms with Gasteiger partial charge in [0.05, 0.1) is 33.8 Å². The van der Waals surface area contributed by atoms with Crippen molar-refractivity contribution >= 4 is 19.7 Å². The minimum atomic E-state index is -4.70. The summed E-state index contributed by atoms with van der Waals surface area (Å²) in [5, 5.41) is 3.01. The van der Waals surface area contributed by atoms with E-state index in [1.54, 1.807) is 0 Å². The average molecular weight is 1060 g/mol. The van der Waals surface area contributed by atoms with Crippen molar-refractivity contribution in [3.63, 3.8) is 0 Å². The molecular formula is C64H119N2O7P. The van der Waals surface area contributed by atoms with Gasteiger partial charge in [-0.3, -0.25) is 14.2 Å². The average Bonchev–Trinajstić information content (AvgIpc) is 3.36. The van der Waals surface area contributed by atoms with Gasteiger partial charge in [-0.15, -0.1) is 0 Å². The van der Waals surface area contributed by atoms with Gasteiger partial charge in [0.15, 0.2) is 0 Å². The molecule has 1 N–H and O–H groups in total. The summed E-state index contributed by atoms with van der Waals surface area (Å²) in [6, 6.07) is -0.904. The number of phosphoric ester groups is 1. The Morgan fingerprint density at radius 3 is 1.31 bits per heavy atom. The smallest absolute Gasteiger partial charge is 0.306 e. The van der Waals surface area contributed by atoms with E-state index in [9.17, 15) is 19.0 Å². The van der Waals surface area contributed by atoms with Crippen LogP contribution in [0.15, 0.2) is 60.8 Å². The molecule has 9 nitrogen and oxygen atoms in total. The largest absolute Gasteiger partial charge is 0.756 e. The van der Waals surface area contributed by atoms with Crippen LogP contribution in [-0.2, 0) is 27.9 Å². The summed E-state index contributed by atoms with van der Waals surface area (Å²) < 4.78 is 30.3. The number of likely N-dealkylation sites (N-methyl/N-ethyl adjacent to an activating group) is 1. The number of amides is 1. The number of ether oxygens (including phenoxy) is 1. The van der Waals surface area contributed by atoms with Gasteiger partial charge in [0.2, 0.25) is 5.91 Å². The highest BCUT2D eigenvalue weighted by Crippen LogP contribution is 2.38. The highest BCUT2D eigenvalue weighted by molar-refractivity contribution is 7.45. The van der Waals surface area contributed by atoms with Crippen LogP contribution < -0.4 is 10.2 Å². The second kappa shape index (κ2) is 54.1. The van der Waals surface area contributed by atoms with E-state index in [0.29, 0.717) is 17.4 Å². The van der Waals surface area contributed by atoms with Crippen molar-refractivity contribution in [1.82, 2.24) is 5.32 Å². The van der Waals surface area contributed by atoms with Gasteiger partial charge in [0.25, 0.3) is 7.82 Å². The number of phosphoric acid groups is 1. The third-order valence-electron chi connectivity index (χ3n) is 13.7. The van der Waals surface area contributed by atoms with Crippen molar-refractivity contribution in [1.29, 1.82) is 0 Å². The van der Waals surface area contributed by atoms with E-state index >= 15 is 0 Å². The molecule has 0 heterocycles. The van der Waals surface area contributed by atoms with Gasteiger partial charge in [-0.1, -0.05) is 262 Å². The molecule has 0 saturated carbocycles. The number of carbonyl (C=O) groups is 2. The first-order valence-corrected chi connectivity index (χ1v) is 32.6. The van der Waals surface area contributed by atoms with Gasteiger partial charge in [-0.05, 0) is 70.3 Å². The van der Waals surface area contributed by atoms with Crippen LogP contribution in [0, 0.1) is 0 Å². The molecule has 0 radical (unpaired) electrons. The zero-order chi connectivity index (χ0) is 54.3. The number of hydrogen-bond donors (Lipinski definition) is 1. The maximum Gasteiger partial charge on any atom is 0.306 e. The maximum atomic E-state index is 13.5. The van der Waals surface area contributed by atoms with E-state index in [-0.39, 0.29) is 31.3 Å². The Morgan fingerprint density at radius 2 is 0.865 bits per heavy atom. The first kappa shape index (κ1) is 71.7. The minimum absolute atomic E-state index is 0.0290. The zero-order valence-electron chi connectivity index (χ0n) is 49.3. The Kier molecular flexibility index (Phi) is 52.4. The van der Waals surface area contributed by atoms with Crippen molar-refractivity contribution in [2.75, 3.05) is 40.9 Å². The Balaban J connectivity index is 5.20. The van der Waals surface area contributed by atoms with Crippen LogP contribution in [0.25, 0.3) is 0 Å². The standard InChI is InChI=1S/C64H119N2O7P/c1-7-10-13-16-19-22-25-27-29-31-32-33-34-35-37-39-42-45-48-51-54-57-64(68)73-62(55-52-49-46-43-40-24-21-18-15-12-9-3)61(60-72-74(69,70)71-59-58-66(4,5)6)65-63(67)56-53-50-47-44-41-38-36-30-28-26-23-20-17-14-11-8-2/h11,14,20,23,28,30,38,41,52,55,61-62H,7-10,12-13,15-19,21-22,24-27,29,31-37,39-40,42-51,53-54,56-60H2,1-6H3,(H-,65,67,69,70)/b14-11+,23-20+,30-28+,41-38+,55-52+. The number of carbonyl (C=O) groups excluding carboxylic acids is 2. The molecule has 0 fully saturated rings. The van der Waals surface area contributed by atoms with Crippen LogP contribution in [0.3, 0.4) is 0 Å². The van der Waals surface area contributed by atoms with E-state index in [0.717, 1.165) is 83.5 Å². The van der Waals surface area contributed by atoms with Gasteiger partial charge in [-0.25, -0.2) is 0 Å². The molecule has 0 spiro atoms. The molecule has 0 aromatic carbocycles. The fourth-order valence-corrected chi connectivity index (χ4v) is 9.65. The van der Waals surface area contributed by atoms with Crippen LogP contribution in [0.4, 0.5) is 0 Å². The number of nitrogens with one attached hydrogen (secondary N) is 1. The van der Waals surface area contributed by atoms with Crippen LogP contribution in [0.5, 0.6) is 0 Å². The molecule has 1 amide bonds. The highest BCUT2D eigenvalue weighted by atomic mass is 31.2. The van der Waals surface area contributed by atoms with Crippen LogP contribution >= 0.6 is 7.82 Å². The number of allylic oxidation sites excluding steroid dienone is 9. The molecule has 0 saturated heterocycles. The lowest BCUT2D eigenvalue weighted by Crippen LogP contribution is -2.47. The van der Waals surface area contributed by atoms with Gasteiger partial charge in [0, 0.05) is 12.8 Å². The van der Waals surface area contributed by atoms with Crippen LogP contribution in [0.1, 0.15) is 284 Å². The molecule has 10 heteroatoms. The lowest BCUT2D eigenvalue weighted by molar-refractivity contribution is -0.870. The minimum Gasteiger partial charge on any atom is -0.756 e. The van der Waals surface area contributed by atoms with Crippen molar-refractivity contribution in [3.05, 3.63) is 60.8 Å². The highest BCUT2D eigenvalue weighted by Gasteiger charge is 2.27. The molecule has 3 unspecified atom stereocenters. The van der Waals surface area contributed by atoms with Crippen molar-refractivity contribution in [3.8, 4) is 0 Å². The number of nitrogens with zero attached hydrogens (tertiary/aromatic N) is 1. The summed E-state index contributed by atoms with van der Waals surface area (Å²) in [6.45, 7) is 6.72. The summed E-state index contributed by atoms with van der Waals surface area (Å²) >= 11 is 0. The van der Waals surface area contributed by atoms with E-state index in [4.69, 9.17) is 13.8 Å². The molecule has 0 aromatic heterocycles. The van der Waals surface area contributed by atoms with Gasteiger partial charge in [0.1, 0.15) is 19.3 Å². The zero-order valence-corrected chi connectivity index (χ0v) is 50.2. The predicted molar refractivity (Wildman–Crippen MR) is 316 cm³/mol. The Labute approximate surface area is 458 Å². The third kappa shape index (κ3) is 54.5. The number of rotatable bonds is 56. The summed E-state index contributed by atoms with van der Waals surface area (Å²) in [6.07, 6.45) is 67.7. The monoisotopic (exact) mass is 1060 g/mol. The number of quaternary nitrogens is 1. The van der Waals surface area contributed by atoms with Crippen LogP contribution in [0.2, 0.25) is 0 Å². The number of hydrogen-bond acceptors (Lipinski definition) is 7. The predicted octanol–water partition coefficient (Wildman–Crippen LogP) is 18.4. The molecule has 74 heavy (non-hydrogen) atoms. The van der Waals surface area contributed by atoms with Crippen molar-refractivity contribution < 1.29 is 37.3 Å². The molecule has 0 aliphatic heterocycles. The van der Waals surface area contributed by atoms with Gasteiger partial charge in [-0.2, -0.15) is 0 Å². The lowest BCUT2D eigenvalue weighted by atomic mass is 10.0. The molecule has 0 aromatic rings. The third-order valence-corrected chi connectivity index (χ3v) is 14.7. The van der Waals surface area contributed by atoms with E-state index in [1.165, 1.54) is 161 Å². The fraction of sp³-hybridized carbons (Fsp3) is 0.812. The number of unbranched alkanes of at least 4 members (excludes halogenated alkanes) is 32. The molecular weight excluding hydrogens is 940 g/mol. The summed E-state index contributed by atoms with van der Waals surface area (Å²) in [4.78, 5) is 39.9. The molecule has 0 aliphatic carbocycles. The Bertz CT molecular complexity index is 1450. The van der Waals surface area contributed by atoms with Gasteiger partial charge >= 0.3 is 5.97 Å². The van der Waals surface area contributed by atoms with Gasteiger partial charge < -0.3 is 28.5 Å². The van der Waals surface area contributed by atoms with Crippen molar-refractivity contribution in [2.24, 2.45) is 0 Å². The molecule has 0 bridgehead atoms. The molecule has 0 rings (SSSR count). The van der Waals surface area contributed by atoms with Crippen LogP contribution in [-0.4, -0.2) is 69.4 Å². The van der Waals surface area contributed by atoms with Crippen molar-refractivity contribution in [2.45, 2.75) is 296 Å². The summed E-state index contributed by atoms with van der Waals surface area (Å²) in [5.74, 6) is -0.570. The second-order valence-corrected chi connectivity index (χ2v) is 23.6. The Morgan fingerprint density at radius 1 is 0.486 bits per heavy atom. The second-order valence-electron chi connectivity index (χ2n) is 22.2. The van der Waals surface area contributed by atoms with E-state index in [1.807, 2.05) is 33.3 Å². The fourth-order valence-electron chi connectivity index (χ4n) is 8.93. The first-order valence-electron chi connectivity index (χ1n) is 31.1. The molecule has 3 atom stereocenters. The SMILES string of the molecule is CC/C=C/C/C=C/C/C=C/C/C=C/CCCCCC(=O)NC(COP(=O)([O-])OCC[N+](C)(C)C)C(/C=C/CCCCCCCCCCC)OC(=O)CCCCCCCCCCCCCCCCCCCCCCC. The Hall–Kier alpha value is -2.29. The maximum absolute atomic E-state index is 13.5. The molecule has 0 aliphatic rings. The number of esters is 1. The normalized spacial score (nSPS) is 14.1. The molecule has 432 valence electrons. The first-order chi connectivity index (χ1) is 35.9. The lowest BCUT2D eigenvalue weighted by Gasteiger charge is -2.30. The van der Waals surface area contributed by atoms with E-state index < -0.39 is 26.6 Å².